The van der Waals surface area contributed by atoms with E-state index in [1.807, 2.05) is 18.2 Å². The van der Waals surface area contributed by atoms with E-state index in [1.165, 1.54) is 12.8 Å². The van der Waals surface area contributed by atoms with Crippen LogP contribution in [0.4, 0.5) is 11.6 Å². The van der Waals surface area contributed by atoms with Gasteiger partial charge in [-0.2, -0.15) is 0 Å². The number of benzene rings is 1. The Morgan fingerprint density at radius 2 is 1.85 bits per heavy atom. The van der Waals surface area contributed by atoms with Gasteiger partial charge < -0.3 is 15.0 Å². The third-order valence-corrected chi connectivity index (χ3v) is 4.77. The topological polar surface area (TPSA) is 67.3 Å². The molecule has 144 valence electrons. The van der Waals surface area contributed by atoms with Crippen molar-refractivity contribution < 1.29 is 9.53 Å². The zero-order chi connectivity index (χ0) is 19.2. The Balaban J connectivity index is 1.87. The second-order valence-electron chi connectivity index (χ2n) is 7.22. The van der Waals surface area contributed by atoms with Crippen molar-refractivity contribution in [2.45, 2.75) is 45.4 Å². The zero-order valence-corrected chi connectivity index (χ0v) is 16.4. The largest absolute Gasteiger partial charge is 0.497 e. The third-order valence-electron chi connectivity index (χ3n) is 4.77. The molecule has 1 saturated heterocycles. The number of nitrogens with one attached hydrogen (secondary N) is 1. The number of hydrogen-bond donors (Lipinski definition) is 1. The molecule has 1 aliphatic rings. The van der Waals surface area contributed by atoms with E-state index < -0.39 is 0 Å². The van der Waals surface area contributed by atoms with Crippen LogP contribution >= 0.6 is 0 Å². The van der Waals surface area contributed by atoms with Gasteiger partial charge in [0.2, 0.25) is 5.95 Å². The molecule has 3 rings (SSSR count). The fourth-order valence-corrected chi connectivity index (χ4v) is 3.17. The summed E-state index contributed by atoms with van der Waals surface area (Å²) < 4.78 is 5.22. The number of rotatable bonds is 5. The molecule has 0 aliphatic carbocycles. The molecular weight excluding hydrogens is 340 g/mol. The summed E-state index contributed by atoms with van der Waals surface area (Å²) in [5.74, 6) is 1.35. The normalized spacial score (nSPS) is 14.7. The van der Waals surface area contributed by atoms with Gasteiger partial charge in [-0.05, 0) is 37.0 Å². The number of anilines is 2. The van der Waals surface area contributed by atoms with Gasteiger partial charge in [0.1, 0.15) is 11.4 Å². The number of nitrogens with zero attached hydrogens (tertiary/aromatic N) is 3. The Bertz CT molecular complexity index is 784. The molecule has 0 atom stereocenters. The van der Waals surface area contributed by atoms with Crippen molar-refractivity contribution in [3.8, 4) is 5.75 Å². The fraction of sp³-hybridized carbons (Fsp3) is 0.476. The van der Waals surface area contributed by atoms with Crippen LogP contribution in [0.25, 0.3) is 0 Å². The Labute approximate surface area is 161 Å². The van der Waals surface area contributed by atoms with Crippen LogP contribution in [-0.4, -0.2) is 36.1 Å². The second kappa shape index (κ2) is 8.84. The lowest BCUT2D eigenvalue weighted by Crippen LogP contribution is -2.28. The standard InChI is InChI=1S/C21H28N4O2/c1-15(2)18-14-19(20(26)22-16-9-8-10-17(13-16)27-3)24-21(23-18)25-11-6-4-5-7-12-25/h8-10,13-15H,4-7,11-12H2,1-3H3,(H,22,26). The van der Waals surface area contributed by atoms with Crippen LogP contribution in [0.1, 0.15) is 61.6 Å². The maximum absolute atomic E-state index is 12.8. The molecule has 0 radical (unpaired) electrons. The van der Waals surface area contributed by atoms with Crippen molar-refractivity contribution in [2.75, 3.05) is 30.4 Å². The predicted molar refractivity (Wildman–Crippen MR) is 108 cm³/mol. The number of hydrogen-bond acceptors (Lipinski definition) is 5. The number of aromatic nitrogens is 2. The van der Waals surface area contributed by atoms with Crippen molar-refractivity contribution in [1.82, 2.24) is 9.97 Å². The van der Waals surface area contributed by atoms with E-state index in [2.05, 4.69) is 29.0 Å². The summed E-state index contributed by atoms with van der Waals surface area (Å²) in [7, 11) is 1.60. The van der Waals surface area contributed by atoms with E-state index in [0.29, 0.717) is 23.1 Å². The summed E-state index contributed by atoms with van der Waals surface area (Å²) in [6, 6.07) is 9.10. The first-order chi connectivity index (χ1) is 13.1. The molecule has 6 heteroatoms. The highest BCUT2D eigenvalue weighted by molar-refractivity contribution is 6.03. The first-order valence-electron chi connectivity index (χ1n) is 9.66. The number of methoxy groups -OCH3 is 1. The van der Waals surface area contributed by atoms with Crippen molar-refractivity contribution >= 4 is 17.5 Å². The minimum absolute atomic E-state index is 0.224. The highest BCUT2D eigenvalue weighted by Gasteiger charge is 2.18. The van der Waals surface area contributed by atoms with Crippen molar-refractivity contribution in [3.05, 3.63) is 41.7 Å². The maximum Gasteiger partial charge on any atom is 0.274 e. The van der Waals surface area contributed by atoms with Crippen LogP contribution in [0.3, 0.4) is 0 Å². The Morgan fingerprint density at radius 3 is 2.52 bits per heavy atom. The first-order valence-corrected chi connectivity index (χ1v) is 9.66. The van der Waals surface area contributed by atoms with Crippen molar-refractivity contribution in [2.24, 2.45) is 0 Å². The minimum Gasteiger partial charge on any atom is -0.497 e. The lowest BCUT2D eigenvalue weighted by atomic mass is 10.1. The summed E-state index contributed by atoms with van der Waals surface area (Å²) in [5, 5.41) is 2.91. The summed E-state index contributed by atoms with van der Waals surface area (Å²) >= 11 is 0. The molecule has 1 aromatic carbocycles. The van der Waals surface area contributed by atoms with Crippen molar-refractivity contribution in [1.29, 1.82) is 0 Å². The third kappa shape index (κ3) is 4.96. The minimum atomic E-state index is -0.233. The second-order valence-corrected chi connectivity index (χ2v) is 7.22. The van der Waals surface area contributed by atoms with Crippen LogP contribution in [0, 0.1) is 0 Å². The lowest BCUT2D eigenvalue weighted by molar-refractivity contribution is 0.102. The van der Waals surface area contributed by atoms with Gasteiger partial charge in [0, 0.05) is 30.5 Å². The summed E-state index contributed by atoms with van der Waals surface area (Å²) in [4.78, 5) is 24.4. The van der Waals surface area contributed by atoms with Gasteiger partial charge in [-0.3, -0.25) is 4.79 Å². The quantitative estimate of drug-likeness (QED) is 0.855. The van der Waals surface area contributed by atoms with Gasteiger partial charge in [0.15, 0.2) is 0 Å². The Hall–Kier alpha value is -2.63. The molecule has 1 aromatic heterocycles. The summed E-state index contributed by atoms with van der Waals surface area (Å²) in [6.45, 7) is 6.05. The number of carbonyl (C=O) groups is 1. The monoisotopic (exact) mass is 368 g/mol. The Morgan fingerprint density at radius 1 is 1.11 bits per heavy atom. The van der Waals surface area contributed by atoms with Crippen LogP contribution < -0.4 is 15.0 Å². The molecule has 1 fully saturated rings. The van der Waals surface area contributed by atoms with E-state index in [-0.39, 0.29) is 11.8 Å². The van der Waals surface area contributed by atoms with Gasteiger partial charge in [0.05, 0.1) is 7.11 Å². The van der Waals surface area contributed by atoms with Gasteiger partial charge in [-0.1, -0.05) is 32.8 Å². The number of ether oxygens (including phenoxy) is 1. The predicted octanol–water partition coefficient (Wildman–Crippen LogP) is 4.24. The number of carbonyl (C=O) groups excluding carboxylic acids is 1. The van der Waals surface area contributed by atoms with E-state index in [4.69, 9.17) is 9.72 Å². The number of amides is 1. The Kier molecular flexibility index (Phi) is 6.27. The molecule has 0 bridgehead atoms. The van der Waals surface area contributed by atoms with Crippen LogP contribution in [0.5, 0.6) is 5.75 Å². The van der Waals surface area contributed by atoms with E-state index in [9.17, 15) is 4.79 Å². The van der Waals surface area contributed by atoms with Crippen molar-refractivity contribution in [3.63, 3.8) is 0 Å². The summed E-state index contributed by atoms with van der Waals surface area (Å²) in [6.07, 6.45) is 4.76. The van der Waals surface area contributed by atoms with E-state index in [0.717, 1.165) is 31.6 Å². The molecular formula is C21H28N4O2. The van der Waals surface area contributed by atoms with Gasteiger partial charge in [-0.15, -0.1) is 0 Å². The molecule has 0 saturated carbocycles. The molecule has 0 spiro atoms. The molecule has 1 aliphatic heterocycles. The van der Waals surface area contributed by atoms with Gasteiger partial charge in [0.25, 0.3) is 5.91 Å². The van der Waals surface area contributed by atoms with Crippen LogP contribution in [0.15, 0.2) is 30.3 Å². The highest BCUT2D eigenvalue weighted by atomic mass is 16.5. The molecule has 1 amide bonds. The SMILES string of the molecule is COc1cccc(NC(=O)c2cc(C(C)C)nc(N3CCCCCC3)n2)c1. The molecule has 2 aromatic rings. The summed E-state index contributed by atoms with van der Waals surface area (Å²) in [5.41, 5.74) is 1.97. The molecule has 0 unspecified atom stereocenters. The van der Waals surface area contributed by atoms with E-state index >= 15 is 0 Å². The molecule has 1 N–H and O–H groups in total. The fourth-order valence-electron chi connectivity index (χ4n) is 3.17. The molecule has 27 heavy (non-hydrogen) atoms. The first kappa shape index (κ1) is 19.1. The lowest BCUT2D eigenvalue weighted by Gasteiger charge is -2.22. The highest BCUT2D eigenvalue weighted by Crippen LogP contribution is 2.22. The zero-order valence-electron chi connectivity index (χ0n) is 16.4. The van der Waals surface area contributed by atoms with Gasteiger partial charge in [-0.25, -0.2) is 9.97 Å². The smallest absolute Gasteiger partial charge is 0.274 e. The molecule has 2 heterocycles. The average molecular weight is 368 g/mol. The maximum atomic E-state index is 12.8. The van der Waals surface area contributed by atoms with Crippen LogP contribution in [-0.2, 0) is 0 Å². The van der Waals surface area contributed by atoms with Crippen LogP contribution in [0.2, 0.25) is 0 Å². The molecule has 6 nitrogen and oxygen atoms in total. The van der Waals surface area contributed by atoms with E-state index in [1.54, 1.807) is 19.2 Å². The van der Waals surface area contributed by atoms with Gasteiger partial charge >= 0.3 is 0 Å². The average Bonchev–Trinajstić information content (AvgIpc) is 2.97.